The number of fused-ring (bicyclic) bond motifs is 6. The van der Waals surface area contributed by atoms with Crippen LogP contribution in [0.25, 0.3) is 178 Å². The third-order valence-corrected chi connectivity index (χ3v) is 19.2. The standard InChI is InChI=1S/C50H37N3.C46H31N5/c1-33(2)45-28-26-39-25-27-43-44(36-15-8-4-9-16-36)32-48(53-50(43)49(39)52-45)41-20-12-19-40(29-41)35-21-23-38(24-22-35)47-31-42(34-13-6-3-7-14-34)30-46(51-47)37-17-10-5-11-18-37;1-30-18-19-34-24-25-38-39(40-17-8-9-26-47-40)28-41(49-45(38)44(34)48-30)37-16-10-15-36(27-37)31-20-22-33(23-21-31)43-29-42(32-11-4-2-5-12-32)50-46(51-43)35-13-6-3-7-14-35/h3-33H,1-2H3;2-29H,1H3. The Balaban J connectivity index is 0.000000154. The highest BCUT2D eigenvalue weighted by Gasteiger charge is 2.19. The van der Waals surface area contributed by atoms with E-state index in [1.54, 1.807) is 0 Å². The molecule has 0 aliphatic rings. The molecule has 492 valence electrons. The van der Waals surface area contributed by atoms with Crippen molar-refractivity contribution in [1.29, 1.82) is 0 Å². The molecule has 0 aliphatic carbocycles. The molecule has 0 unspecified atom stereocenters. The molecule has 104 heavy (non-hydrogen) atoms. The van der Waals surface area contributed by atoms with Crippen LogP contribution in [0.4, 0.5) is 0 Å². The molecular weight excluding hydrogens is 1270 g/mol. The highest BCUT2D eigenvalue weighted by molar-refractivity contribution is 6.10. The minimum Gasteiger partial charge on any atom is -0.256 e. The van der Waals surface area contributed by atoms with Gasteiger partial charge in [0.15, 0.2) is 5.82 Å². The summed E-state index contributed by atoms with van der Waals surface area (Å²) in [6, 6.07) is 120. The maximum atomic E-state index is 5.34. The molecule has 7 aromatic heterocycles. The SMILES string of the molecule is CC(C)c1ccc2ccc3c(-c4ccccc4)cc(-c4cccc(-c5ccc(-c6cc(-c7ccccc7)cc(-c7ccccc7)n6)cc5)c4)nc3c2n1.Cc1ccc2ccc3c(-c4ccccn4)cc(-c4cccc(-c5ccc(-c6cc(-c7ccccc7)nc(-c7ccccc7)n6)cc5)c4)nc3c2n1. The molecule has 18 aromatic rings. The summed E-state index contributed by atoms with van der Waals surface area (Å²) in [6.07, 6.45) is 1.83. The first-order chi connectivity index (χ1) is 51.2. The van der Waals surface area contributed by atoms with Gasteiger partial charge in [-0.25, -0.2) is 24.9 Å². The molecule has 0 saturated heterocycles. The Kier molecular flexibility index (Phi) is 17.3. The molecule has 11 aromatic carbocycles. The quantitative estimate of drug-likeness (QED) is 0.105. The first-order valence-electron chi connectivity index (χ1n) is 35.2. The van der Waals surface area contributed by atoms with Crippen LogP contribution in [-0.2, 0) is 0 Å². The topological polar surface area (TPSA) is 103 Å². The fourth-order valence-electron chi connectivity index (χ4n) is 13.7. The van der Waals surface area contributed by atoms with Gasteiger partial charge in [-0.2, -0.15) is 0 Å². The monoisotopic (exact) mass is 1330 g/mol. The van der Waals surface area contributed by atoms with E-state index in [2.05, 4.69) is 281 Å². The summed E-state index contributed by atoms with van der Waals surface area (Å²) in [6.45, 7) is 6.39. The van der Waals surface area contributed by atoms with Crippen LogP contribution in [0.1, 0.15) is 31.2 Å². The second-order valence-corrected chi connectivity index (χ2v) is 26.5. The summed E-state index contributed by atoms with van der Waals surface area (Å²) >= 11 is 0. The highest BCUT2D eigenvalue weighted by atomic mass is 14.9. The van der Waals surface area contributed by atoms with Crippen molar-refractivity contribution in [3.8, 4) is 135 Å². The molecule has 0 aliphatic heterocycles. The van der Waals surface area contributed by atoms with Crippen LogP contribution in [0.15, 0.2) is 352 Å². The number of benzene rings is 11. The van der Waals surface area contributed by atoms with Crippen LogP contribution < -0.4 is 0 Å². The molecule has 18 rings (SSSR count). The van der Waals surface area contributed by atoms with Crippen LogP contribution in [0.3, 0.4) is 0 Å². The average Bonchev–Trinajstić information content (AvgIpc) is 0.753. The molecule has 0 radical (unpaired) electrons. The maximum absolute atomic E-state index is 5.34. The number of aryl methyl sites for hydroxylation is 1. The van der Waals surface area contributed by atoms with Gasteiger partial charge in [0.2, 0.25) is 0 Å². The second kappa shape index (κ2) is 28.2. The van der Waals surface area contributed by atoms with Gasteiger partial charge in [-0.3, -0.25) is 15.0 Å². The van der Waals surface area contributed by atoms with Crippen molar-refractivity contribution in [2.24, 2.45) is 0 Å². The average molecular weight is 1330 g/mol. The normalized spacial score (nSPS) is 11.3. The van der Waals surface area contributed by atoms with E-state index in [-0.39, 0.29) is 0 Å². The van der Waals surface area contributed by atoms with Crippen molar-refractivity contribution < 1.29 is 0 Å². The number of nitrogens with zero attached hydrogens (tertiary/aromatic N) is 8. The minimum absolute atomic E-state index is 0.323. The van der Waals surface area contributed by atoms with Gasteiger partial charge in [0.1, 0.15) is 0 Å². The molecule has 0 bridgehead atoms. The fraction of sp³-hybridized carbons (Fsp3) is 0.0417. The zero-order valence-electron chi connectivity index (χ0n) is 57.6. The van der Waals surface area contributed by atoms with Gasteiger partial charge in [-0.05, 0) is 124 Å². The smallest absolute Gasteiger partial charge is 0.160 e. The Bertz CT molecular complexity index is 6040. The van der Waals surface area contributed by atoms with Gasteiger partial charge < -0.3 is 0 Å². The van der Waals surface area contributed by atoms with E-state index < -0.39 is 0 Å². The Morgan fingerprint density at radius 3 is 1.13 bits per heavy atom. The Morgan fingerprint density at radius 1 is 0.221 bits per heavy atom. The van der Waals surface area contributed by atoms with E-state index in [1.807, 2.05) is 92.0 Å². The van der Waals surface area contributed by atoms with Crippen molar-refractivity contribution in [2.75, 3.05) is 0 Å². The summed E-state index contributed by atoms with van der Waals surface area (Å²) in [5, 5.41) is 4.30. The van der Waals surface area contributed by atoms with E-state index >= 15 is 0 Å². The van der Waals surface area contributed by atoms with Crippen molar-refractivity contribution in [3.63, 3.8) is 0 Å². The van der Waals surface area contributed by atoms with Gasteiger partial charge in [-0.1, -0.05) is 293 Å². The first-order valence-corrected chi connectivity index (χ1v) is 35.2. The van der Waals surface area contributed by atoms with Crippen LogP contribution >= 0.6 is 0 Å². The number of hydrogen-bond acceptors (Lipinski definition) is 8. The predicted molar refractivity (Wildman–Crippen MR) is 429 cm³/mol. The van der Waals surface area contributed by atoms with Crippen molar-refractivity contribution in [2.45, 2.75) is 26.7 Å². The summed E-state index contributed by atoms with van der Waals surface area (Å²) in [5.74, 6) is 1.03. The van der Waals surface area contributed by atoms with Crippen LogP contribution in [0.5, 0.6) is 0 Å². The molecule has 0 atom stereocenters. The second-order valence-electron chi connectivity index (χ2n) is 26.5. The van der Waals surface area contributed by atoms with Crippen LogP contribution in [-0.4, -0.2) is 39.9 Å². The highest BCUT2D eigenvalue weighted by Crippen LogP contribution is 2.40. The Labute approximate surface area is 604 Å². The van der Waals surface area contributed by atoms with Gasteiger partial charge in [0.05, 0.1) is 61.9 Å². The van der Waals surface area contributed by atoms with Crippen molar-refractivity contribution in [3.05, 3.63) is 363 Å². The van der Waals surface area contributed by atoms with Gasteiger partial charge in [0.25, 0.3) is 0 Å². The van der Waals surface area contributed by atoms with E-state index in [0.717, 1.165) is 178 Å². The van der Waals surface area contributed by atoms with Crippen molar-refractivity contribution in [1.82, 2.24) is 39.9 Å². The molecule has 8 nitrogen and oxygen atoms in total. The molecule has 0 fully saturated rings. The summed E-state index contributed by atoms with van der Waals surface area (Å²) in [7, 11) is 0. The molecule has 0 amide bonds. The fourth-order valence-corrected chi connectivity index (χ4v) is 13.7. The zero-order valence-corrected chi connectivity index (χ0v) is 57.6. The summed E-state index contributed by atoms with van der Waals surface area (Å²) in [5.41, 5.74) is 29.5. The summed E-state index contributed by atoms with van der Waals surface area (Å²) < 4.78 is 0. The Hall–Kier alpha value is -13.6. The summed E-state index contributed by atoms with van der Waals surface area (Å²) in [4.78, 5) is 40.5. The molecule has 0 saturated carbocycles. The number of aromatic nitrogens is 8. The lowest BCUT2D eigenvalue weighted by atomic mass is 9.95. The van der Waals surface area contributed by atoms with E-state index in [1.165, 1.54) is 5.56 Å². The third-order valence-electron chi connectivity index (χ3n) is 19.2. The van der Waals surface area contributed by atoms with E-state index in [4.69, 9.17) is 39.9 Å². The Morgan fingerprint density at radius 2 is 0.615 bits per heavy atom. The molecule has 0 N–H and O–H groups in total. The lowest BCUT2D eigenvalue weighted by Crippen LogP contribution is -1.96. The zero-order chi connectivity index (χ0) is 69.9. The van der Waals surface area contributed by atoms with E-state index in [9.17, 15) is 0 Å². The van der Waals surface area contributed by atoms with Crippen molar-refractivity contribution >= 4 is 43.6 Å². The predicted octanol–water partition coefficient (Wildman–Crippen LogP) is 24.6. The van der Waals surface area contributed by atoms with Gasteiger partial charge in [0, 0.05) is 83.6 Å². The molecule has 8 heteroatoms. The number of rotatable bonds is 13. The first kappa shape index (κ1) is 63.9. The largest absolute Gasteiger partial charge is 0.256 e. The third kappa shape index (κ3) is 13.2. The van der Waals surface area contributed by atoms with Gasteiger partial charge >= 0.3 is 0 Å². The lowest BCUT2D eigenvalue weighted by Gasteiger charge is -2.14. The maximum Gasteiger partial charge on any atom is 0.160 e. The van der Waals surface area contributed by atoms with E-state index in [0.29, 0.717) is 11.7 Å². The lowest BCUT2D eigenvalue weighted by molar-refractivity contribution is 0.830. The van der Waals surface area contributed by atoms with Gasteiger partial charge in [-0.15, -0.1) is 0 Å². The number of hydrogen-bond donors (Lipinski definition) is 0. The molecule has 0 spiro atoms. The molecular formula is C96H68N8. The molecule has 7 heterocycles. The van der Waals surface area contributed by atoms with Crippen LogP contribution in [0.2, 0.25) is 0 Å². The van der Waals surface area contributed by atoms with Crippen LogP contribution in [0, 0.1) is 6.92 Å². The number of pyridine rings is 6. The minimum atomic E-state index is 0.323.